The van der Waals surface area contributed by atoms with Crippen molar-refractivity contribution >= 4 is 59.9 Å². The molecule has 46 heavy (non-hydrogen) atoms. The molecule has 0 aliphatic carbocycles. The Morgan fingerprint density at radius 1 is 0.326 bits per heavy atom. The lowest BCUT2D eigenvalue weighted by molar-refractivity contribution is 1.19. The Balaban J connectivity index is 1.43. The molecule has 0 amide bonds. The molecule has 0 fully saturated rings. The summed E-state index contributed by atoms with van der Waals surface area (Å²) in [5, 5.41) is 7.57. The van der Waals surface area contributed by atoms with Crippen LogP contribution in [-0.2, 0) is 0 Å². The smallest absolute Gasteiger partial charge is 0.0640 e. The summed E-state index contributed by atoms with van der Waals surface area (Å²) in [4.78, 5) is 0. The SMILES string of the molecule is c1ccc(-c2cc(-c3ccccc3)cc(-n3c4ccccc4c4ccc5c6ccccc6n6c7ccccc7cc6c5c43)c2)cc1. The molecule has 0 bridgehead atoms. The monoisotopic (exact) mass is 584 g/mol. The Morgan fingerprint density at radius 3 is 1.57 bits per heavy atom. The normalized spacial score (nSPS) is 11.9. The average Bonchev–Trinajstić information content (AvgIpc) is 3.69. The number of benzene rings is 7. The number of rotatable bonds is 3. The highest BCUT2D eigenvalue weighted by Crippen LogP contribution is 2.43. The maximum absolute atomic E-state index is 2.51. The van der Waals surface area contributed by atoms with E-state index < -0.39 is 0 Å². The highest BCUT2D eigenvalue weighted by atomic mass is 15.0. The second-order valence-corrected chi connectivity index (χ2v) is 12.2. The molecule has 2 nitrogen and oxygen atoms in total. The van der Waals surface area contributed by atoms with Crippen molar-refractivity contribution in [2.75, 3.05) is 0 Å². The molecule has 10 rings (SSSR count). The number of fused-ring (bicyclic) bond motifs is 12. The third-order valence-electron chi connectivity index (χ3n) is 9.63. The van der Waals surface area contributed by atoms with Crippen LogP contribution in [0.1, 0.15) is 0 Å². The molecule has 0 aliphatic heterocycles. The van der Waals surface area contributed by atoms with Crippen LogP contribution >= 0.6 is 0 Å². The third kappa shape index (κ3) is 3.59. The summed E-state index contributed by atoms with van der Waals surface area (Å²) in [5.74, 6) is 0. The Labute approximate surface area is 266 Å². The van der Waals surface area contributed by atoms with Crippen molar-refractivity contribution in [1.29, 1.82) is 0 Å². The van der Waals surface area contributed by atoms with E-state index >= 15 is 0 Å². The zero-order valence-corrected chi connectivity index (χ0v) is 25.1. The van der Waals surface area contributed by atoms with Gasteiger partial charge in [-0.2, -0.15) is 0 Å². The molecule has 0 aliphatic rings. The van der Waals surface area contributed by atoms with E-state index in [4.69, 9.17) is 0 Å². The molecule has 0 atom stereocenters. The van der Waals surface area contributed by atoms with Gasteiger partial charge < -0.3 is 8.97 Å². The van der Waals surface area contributed by atoms with E-state index in [0.29, 0.717) is 0 Å². The summed E-state index contributed by atoms with van der Waals surface area (Å²) in [6.07, 6.45) is 0. The van der Waals surface area contributed by atoms with Crippen LogP contribution in [0.3, 0.4) is 0 Å². The summed E-state index contributed by atoms with van der Waals surface area (Å²) in [5.41, 5.74) is 12.1. The van der Waals surface area contributed by atoms with Crippen molar-refractivity contribution < 1.29 is 0 Å². The van der Waals surface area contributed by atoms with Crippen LogP contribution in [0.15, 0.2) is 170 Å². The molecule has 0 unspecified atom stereocenters. The van der Waals surface area contributed by atoms with Gasteiger partial charge in [0.05, 0.1) is 27.6 Å². The van der Waals surface area contributed by atoms with Gasteiger partial charge in [-0.15, -0.1) is 0 Å². The minimum Gasteiger partial charge on any atom is -0.309 e. The van der Waals surface area contributed by atoms with Gasteiger partial charge in [-0.3, -0.25) is 0 Å². The fourth-order valence-electron chi connectivity index (χ4n) is 7.64. The van der Waals surface area contributed by atoms with Gasteiger partial charge in [0.2, 0.25) is 0 Å². The van der Waals surface area contributed by atoms with Gasteiger partial charge in [-0.05, 0) is 70.1 Å². The van der Waals surface area contributed by atoms with E-state index in [1.54, 1.807) is 0 Å². The molecule has 10 aromatic rings. The van der Waals surface area contributed by atoms with E-state index in [1.165, 1.54) is 82.2 Å². The zero-order valence-electron chi connectivity index (χ0n) is 25.1. The lowest BCUT2D eigenvalue weighted by Gasteiger charge is -2.16. The van der Waals surface area contributed by atoms with E-state index in [2.05, 4.69) is 179 Å². The van der Waals surface area contributed by atoms with Crippen LogP contribution in [0.25, 0.3) is 87.8 Å². The molecule has 0 N–H and O–H groups in total. The van der Waals surface area contributed by atoms with Gasteiger partial charge >= 0.3 is 0 Å². The summed E-state index contributed by atoms with van der Waals surface area (Å²) < 4.78 is 4.97. The molecule has 214 valence electrons. The Hall–Kier alpha value is -6.12. The first-order valence-corrected chi connectivity index (χ1v) is 15.9. The van der Waals surface area contributed by atoms with Gasteiger partial charge in [0, 0.05) is 32.6 Å². The largest absolute Gasteiger partial charge is 0.309 e. The summed E-state index contributed by atoms with van der Waals surface area (Å²) >= 11 is 0. The van der Waals surface area contributed by atoms with Gasteiger partial charge in [0.15, 0.2) is 0 Å². The maximum Gasteiger partial charge on any atom is 0.0640 e. The first-order valence-electron chi connectivity index (χ1n) is 15.9. The topological polar surface area (TPSA) is 9.34 Å². The fourth-order valence-corrected chi connectivity index (χ4v) is 7.64. The van der Waals surface area contributed by atoms with Crippen LogP contribution in [0.4, 0.5) is 0 Å². The van der Waals surface area contributed by atoms with Crippen LogP contribution in [0.5, 0.6) is 0 Å². The average molecular weight is 585 g/mol. The molecule has 7 aromatic carbocycles. The quantitative estimate of drug-likeness (QED) is 0.183. The summed E-state index contributed by atoms with van der Waals surface area (Å²) in [6.45, 7) is 0. The molecule has 0 spiro atoms. The van der Waals surface area contributed by atoms with E-state index in [0.717, 1.165) is 5.69 Å². The molecule has 0 saturated carbocycles. The highest BCUT2D eigenvalue weighted by molar-refractivity contribution is 6.28. The number of aromatic nitrogens is 2. The molecule has 0 radical (unpaired) electrons. The predicted molar refractivity (Wildman–Crippen MR) is 195 cm³/mol. The van der Waals surface area contributed by atoms with Crippen molar-refractivity contribution in [3.05, 3.63) is 170 Å². The lowest BCUT2D eigenvalue weighted by atomic mass is 9.97. The Bertz CT molecular complexity index is 2730. The van der Waals surface area contributed by atoms with Gasteiger partial charge in [0.25, 0.3) is 0 Å². The number of hydrogen-bond acceptors (Lipinski definition) is 0. The van der Waals surface area contributed by atoms with Crippen molar-refractivity contribution in [2.24, 2.45) is 0 Å². The Kier molecular flexibility index (Phi) is 5.31. The van der Waals surface area contributed by atoms with Crippen molar-refractivity contribution in [3.63, 3.8) is 0 Å². The highest BCUT2D eigenvalue weighted by Gasteiger charge is 2.21. The first kappa shape index (κ1) is 25.2. The summed E-state index contributed by atoms with van der Waals surface area (Å²) in [7, 11) is 0. The zero-order chi connectivity index (χ0) is 30.2. The molecule has 3 heterocycles. The Morgan fingerprint density at radius 2 is 0.870 bits per heavy atom. The van der Waals surface area contributed by atoms with E-state index in [9.17, 15) is 0 Å². The second-order valence-electron chi connectivity index (χ2n) is 12.2. The number of hydrogen-bond donors (Lipinski definition) is 0. The van der Waals surface area contributed by atoms with Gasteiger partial charge in [-0.25, -0.2) is 0 Å². The standard InChI is InChI=1S/C44H28N2/c1-3-13-29(14-4-1)32-25-33(30-15-5-2-6-16-30)27-34(26-32)45-40-21-11-9-19-36(40)38-24-23-37-35-18-8-12-22-41(35)46-39-20-10-7-17-31(39)28-42(46)43(37)44(38)45/h1-28H. The van der Waals surface area contributed by atoms with Gasteiger partial charge in [-0.1, -0.05) is 127 Å². The number of nitrogens with zero attached hydrogens (tertiary/aromatic N) is 2. The molecule has 3 aromatic heterocycles. The first-order chi connectivity index (χ1) is 22.8. The minimum absolute atomic E-state index is 1.15. The summed E-state index contributed by atoms with van der Waals surface area (Å²) in [6, 6.07) is 62.0. The van der Waals surface area contributed by atoms with Crippen molar-refractivity contribution in [2.45, 2.75) is 0 Å². The van der Waals surface area contributed by atoms with Crippen molar-refractivity contribution in [3.8, 4) is 27.9 Å². The van der Waals surface area contributed by atoms with Crippen LogP contribution < -0.4 is 0 Å². The van der Waals surface area contributed by atoms with Gasteiger partial charge in [0.1, 0.15) is 0 Å². The van der Waals surface area contributed by atoms with E-state index in [1.807, 2.05) is 0 Å². The van der Waals surface area contributed by atoms with E-state index in [-0.39, 0.29) is 0 Å². The predicted octanol–water partition coefficient (Wildman–Crippen LogP) is 11.8. The second kappa shape index (κ2) is 9.69. The lowest BCUT2D eigenvalue weighted by Crippen LogP contribution is -1.98. The molecular formula is C44H28N2. The number of pyridine rings is 1. The third-order valence-corrected chi connectivity index (χ3v) is 9.63. The van der Waals surface area contributed by atoms with Crippen LogP contribution in [0.2, 0.25) is 0 Å². The molecule has 0 saturated heterocycles. The maximum atomic E-state index is 2.51. The van der Waals surface area contributed by atoms with Crippen LogP contribution in [0, 0.1) is 0 Å². The number of para-hydroxylation sites is 3. The fraction of sp³-hybridized carbons (Fsp3) is 0. The van der Waals surface area contributed by atoms with Crippen molar-refractivity contribution in [1.82, 2.24) is 8.97 Å². The minimum atomic E-state index is 1.15. The molecule has 2 heteroatoms. The van der Waals surface area contributed by atoms with Crippen LogP contribution in [-0.4, -0.2) is 8.97 Å². The molecular weight excluding hydrogens is 556 g/mol.